The van der Waals surface area contributed by atoms with Gasteiger partial charge in [0.1, 0.15) is 12.4 Å². The molecule has 168 valence electrons. The Morgan fingerprint density at radius 1 is 1.00 bits per heavy atom. The summed E-state index contributed by atoms with van der Waals surface area (Å²) in [6.45, 7) is 2.51. The van der Waals surface area contributed by atoms with E-state index in [1.54, 1.807) is 54.6 Å². The van der Waals surface area contributed by atoms with Gasteiger partial charge >= 0.3 is 0 Å². The average Bonchev–Trinajstić information content (AvgIpc) is 3.09. The third-order valence-corrected chi connectivity index (χ3v) is 6.32. The summed E-state index contributed by atoms with van der Waals surface area (Å²) in [6.07, 6.45) is 1.66. The molecule has 1 aliphatic rings. The first-order valence-electron chi connectivity index (χ1n) is 10.1. The number of carbonyl (C=O) groups excluding carboxylic acids is 2. The van der Waals surface area contributed by atoms with Crippen LogP contribution in [0, 0.1) is 5.82 Å². The van der Waals surface area contributed by atoms with Gasteiger partial charge in [-0.2, -0.15) is 0 Å². The maximum absolute atomic E-state index is 13.1. The number of rotatable bonds is 7. The molecule has 0 saturated carbocycles. The first-order chi connectivity index (χ1) is 16.0. The van der Waals surface area contributed by atoms with Crippen LogP contribution in [0.5, 0.6) is 11.5 Å². The fourth-order valence-corrected chi connectivity index (χ4v) is 4.46. The van der Waals surface area contributed by atoms with E-state index in [1.165, 1.54) is 12.1 Å². The largest absolute Gasteiger partial charge is 0.490 e. The summed E-state index contributed by atoms with van der Waals surface area (Å²) in [4.78, 5) is 26.9. The second-order valence-corrected chi connectivity index (χ2v) is 8.87. The molecule has 1 fully saturated rings. The molecule has 4 rings (SSSR count). The van der Waals surface area contributed by atoms with E-state index in [0.29, 0.717) is 38.7 Å². The van der Waals surface area contributed by atoms with Gasteiger partial charge in [-0.05, 0) is 72.3 Å². The van der Waals surface area contributed by atoms with Crippen LogP contribution in [-0.4, -0.2) is 17.8 Å². The second-order valence-electron chi connectivity index (χ2n) is 7.02. The van der Waals surface area contributed by atoms with Gasteiger partial charge in [0.15, 0.2) is 11.5 Å². The number of anilines is 1. The predicted molar refractivity (Wildman–Crippen MR) is 131 cm³/mol. The highest BCUT2D eigenvalue weighted by molar-refractivity contribution is 9.10. The van der Waals surface area contributed by atoms with Crippen LogP contribution in [0.15, 0.2) is 76.1 Å². The minimum absolute atomic E-state index is 0.238. The number of thioether (sulfide) groups is 1. The zero-order valence-electron chi connectivity index (χ0n) is 17.6. The van der Waals surface area contributed by atoms with Crippen LogP contribution in [0.3, 0.4) is 0 Å². The van der Waals surface area contributed by atoms with Crippen molar-refractivity contribution in [1.29, 1.82) is 0 Å². The fourth-order valence-electron chi connectivity index (χ4n) is 3.19. The van der Waals surface area contributed by atoms with Gasteiger partial charge < -0.3 is 9.47 Å². The highest BCUT2D eigenvalue weighted by Gasteiger charge is 2.36. The van der Waals surface area contributed by atoms with Gasteiger partial charge in [0.05, 0.1) is 17.2 Å². The Balaban J connectivity index is 1.59. The number of benzene rings is 3. The van der Waals surface area contributed by atoms with Crippen molar-refractivity contribution in [3.8, 4) is 11.5 Å². The number of halogens is 2. The number of hydrogen-bond donors (Lipinski definition) is 0. The van der Waals surface area contributed by atoms with Crippen LogP contribution in [0.1, 0.15) is 18.1 Å². The lowest BCUT2D eigenvalue weighted by atomic mass is 10.1. The van der Waals surface area contributed by atoms with Crippen molar-refractivity contribution in [3.63, 3.8) is 0 Å². The minimum atomic E-state index is -0.377. The van der Waals surface area contributed by atoms with Crippen molar-refractivity contribution < 1.29 is 23.5 Å². The molecule has 3 aromatic rings. The normalized spacial score (nSPS) is 14.8. The van der Waals surface area contributed by atoms with Gasteiger partial charge in [0.2, 0.25) is 0 Å². The number of imide groups is 1. The van der Waals surface area contributed by atoms with Gasteiger partial charge in [0.25, 0.3) is 11.1 Å². The summed E-state index contributed by atoms with van der Waals surface area (Å²) in [5.41, 5.74) is 2.02. The Labute approximate surface area is 203 Å². The van der Waals surface area contributed by atoms with Crippen molar-refractivity contribution in [2.24, 2.45) is 0 Å². The van der Waals surface area contributed by atoms with E-state index < -0.39 is 0 Å². The molecular formula is C25H19BrFNO4S. The maximum atomic E-state index is 13.1. The summed E-state index contributed by atoms with van der Waals surface area (Å²) in [5.74, 6) is 0.314. The molecule has 33 heavy (non-hydrogen) atoms. The zero-order valence-corrected chi connectivity index (χ0v) is 20.0. The molecule has 5 nitrogen and oxygen atoms in total. The molecular weight excluding hydrogens is 509 g/mol. The lowest BCUT2D eigenvalue weighted by Crippen LogP contribution is -2.27. The third kappa shape index (κ3) is 5.29. The van der Waals surface area contributed by atoms with Crippen LogP contribution in [0.4, 0.5) is 14.9 Å². The Morgan fingerprint density at radius 3 is 2.39 bits per heavy atom. The smallest absolute Gasteiger partial charge is 0.298 e. The van der Waals surface area contributed by atoms with Crippen molar-refractivity contribution in [2.75, 3.05) is 11.5 Å². The number of ether oxygens (including phenoxy) is 2. The second kappa shape index (κ2) is 10.2. The van der Waals surface area contributed by atoms with Crippen LogP contribution in [0.2, 0.25) is 0 Å². The summed E-state index contributed by atoms with van der Waals surface area (Å²) in [5, 5.41) is -0.349. The van der Waals surface area contributed by atoms with Crippen LogP contribution >= 0.6 is 27.7 Å². The third-order valence-electron chi connectivity index (χ3n) is 4.77. The minimum Gasteiger partial charge on any atom is -0.490 e. The van der Waals surface area contributed by atoms with E-state index >= 15 is 0 Å². The molecule has 0 radical (unpaired) electrons. The van der Waals surface area contributed by atoms with Gasteiger partial charge in [-0.3, -0.25) is 9.59 Å². The first-order valence-corrected chi connectivity index (χ1v) is 11.7. The monoisotopic (exact) mass is 527 g/mol. The van der Waals surface area contributed by atoms with Crippen LogP contribution in [0.25, 0.3) is 6.08 Å². The molecule has 0 atom stereocenters. The number of nitrogens with zero attached hydrogens (tertiary/aromatic N) is 1. The summed E-state index contributed by atoms with van der Waals surface area (Å²) in [7, 11) is 0. The van der Waals surface area contributed by atoms with Gasteiger partial charge in [-0.25, -0.2) is 9.29 Å². The van der Waals surface area contributed by atoms with Crippen molar-refractivity contribution in [2.45, 2.75) is 13.5 Å². The molecule has 0 spiro atoms. The zero-order chi connectivity index (χ0) is 23.4. The molecule has 1 saturated heterocycles. The van der Waals surface area contributed by atoms with E-state index in [2.05, 4.69) is 15.9 Å². The number of carbonyl (C=O) groups is 2. The molecule has 0 aliphatic carbocycles. The Kier molecular flexibility index (Phi) is 7.15. The van der Waals surface area contributed by atoms with Crippen molar-refractivity contribution in [1.82, 2.24) is 0 Å². The average molecular weight is 528 g/mol. The maximum Gasteiger partial charge on any atom is 0.298 e. The van der Waals surface area contributed by atoms with E-state index in [4.69, 9.17) is 9.47 Å². The van der Waals surface area contributed by atoms with E-state index in [0.717, 1.165) is 22.2 Å². The lowest BCUT2D eigenvalue weighted by molar-refractivity contribution is -0.113. The lowest BCUT2D eigenvalue weighted by Gasteiger charge is -2.14. The van der Waals surface area contributed by atoms with E-state index in [9.17, 15) is 14.0 Å². The van der Waals surface area contributed by atoms with Crippen molar-refractivity contribution >= 4 is 50.6 Å². The molecule has 0 aromatic heterocycles. The van der Waals surface area contributed by atoms with Gasteiger partial charge in [-0.1, -0.05) is 46.3 Å². The van der Waals surface area contributed by atoms with Crippen LogP contribution < -0.4 is 14.4 Å². The topological polar surface area (TPSA) is 55.8 Å². The Hall–Kier alpha value is -3.10. The SMILES string of the molecule is CCOc1cc(/C=C2\SC(=O)N(c3ccccc3)C2=O)c(Br)cc1OCc1ccc(F)cc1. The van der Waals surface area contributed by atoms with Crippen molar-refractivity contribution in [3.05, 3.63) is 93.1 Å². The van der Waals surface area contributed by atoms with Crippen LogP contribution in [-0.2, 0) is 11.4 Å². The molecule has 0 bridgehead atoms. The first kappa shape index (κ1) is 23.1. The Bertz CT molecular complexity index is 1220. The highest BCUT2D eigenvalue weighted by atomic mass is 79.9. The highest BCUT2D eigenvalue weighted by Crippen LogP contribution is 2.39. The number of para-hydroxylation sites is 1. The molecule has 1 heterocycles. The van der Waals surface area contributed by atoms with Gasteiger partial charge in [0, 0.05) is 4.47 Å². The number of amides is 2. The molecule has 0 unspecified atom stereocenters. The Morgan fingerprint density at radius 2 is 1.70 bits per heavy atom. The van der Waals surface area contributed by atoms with E-state index in [1.807, 2.05) is 13.0 Å². The van der Waals surface area contributed by atoms with E-state index in [-0.39, 0.29) is 23.6 Å². The quantitative estimate of drug-likeness (QED) is 0.316. The molecule has 3 aromatic carbocycles. The predicted octanol–water partition coefficient (Wildman–Crippen LogP) is 6.81. The molecule has 0 N–H and O–H groups in total. The molecule has 8 heteroatoms. The standard InChI is InChI=1S/C25H19BrFNO4S/c1-2-31-21-12-17(20(26)14-22(21)32-15-16-8-10-18(27)11-9-16)13-23-24(29)28(25(30)33-23)19-6-4-3-5-7-19/h3-14H,2,15H2,1H3/b23-13-. The van der Waals surface area contributed by atoms with Gasteiger partial charge in [-0.15, -0.1) is 0 Å². The summed E-state index contributed by atoms with van der Waals surface area (Å²) >= 11 is 4.41. The fraction of sp³-hybridized carbons (Fsp3) is 0.120. The molecule has 2 amide bonds. The number of hydrogen-bond acceptors (Lipinski definition) is 5. The summed E-state index contributed by atoms with van der Waals surface area (Å²) < 4.78 is 25.4. The summed E-state index contributed by atoms with van der Waals surface area (Å²) in [6, 6.07) is 18.4. The molecule has 1 aliphatic heterocycles.